The van der Waals surface area contributed by atoms with Crippen molar-refractivity contribution in [1.82, 2.24) is 10.2 Å². The fourth-order valence-electron chi connectivity index (χ4n) is 2.62. The number of carbonyl (C=O) groups is 1. The summed E-state index contributed by atoms with van der Waals surface area (Å²) in [6.07, 6.45) is 3.49. The van der Waals surface area contributed by atoms with E-state index in [2.05, 4.69) is 17.1 Å². The summed E-state index contributed by atoms with van der Waals surface area (Å²) in [6.45, 7) is 7.39. The molecule has 0 amide bonds. The molecule has 1 aliphatic heterocycles. The molecular weight excluding hydrogens is 244 g/mol. The van der Waals surface area contributed by atoms with Gasteiger partial charge in [0.2, 0.25) is 0 Å². The summed E-state index contributed by atoms with van der Waals surface area (Å²) in [5.74, 6) is -0.194. The third kappa shape index (κ3) is 4.75. The van der Waals surface area contributed by atoms with Crippen molar-refractivity contribution in [3.8, 4) is 0 Å². The number of likely N-dealkylation sites (tertiary alicyclic amines) is 1. The van der Waals surface area contributed by atoms with Gasteiger partial charge in [-0.15, -0.1) is 0 Å². The number of esters is 1. The maximum Gasteiger partial charge on any atom is 0.327 e. The molecule has 19 heavy (non-hydrogen) atoms. The molecule has 0 aromatic rings. The number of nitrogens with zero attached hydrogens (tertiary/aromatic N) is 1. The molecule has 2 unspecified atom stereocenters. The molecule has 2 atom stereocenters. The second kappa shape index (κ2) is 7.82. The first kappa shape index (κ1) is 16.4. The first-order valence-electron chi connectivity index (χ1n) is 7.14. The second-order valence-corrected chi connectivity index (χ2v) is 5.49. The zero-order valence-corrected chi connectivity index (χ0v) is 12.7. The van der Waals surface area contributed by atoms with E-state index < -0.39 is 5.54 Å². The number of ether oxygens (including phenoxy) is 2. The van der Waals surface area contributed by atoms with Crippen molar-refractivity contribution in [3.63, 3.8) is 0 Å². The molecule has 5 heteroatoms. The summed E-state index contributed by atoms with van der Waals surface area (Å²) < 4.78 is 10.4. The number of nitrogens with one attached hydrogen (secondary N) is 1. The smallest absolute Gasteiger partial charge is 0.327 e. The van der Waals surface area contributed by atoms with Crippen LogP contribution in [0.3, 0.4) is 0 Å². The maximum atomic E-state index is 12.0. The molecule has 1 aliphatic rings. The molecule has 1 saturated heterocycles. The van der Waals surface area contributed by atoms with Crippen molar-refractivity contribution >= 4 is 5.97 Å². The Morgan fingerprint density at radius 1 is 1.47 bits per heavy atom. The predicted octanol–water partition coefficient (Wildman–Crippen LogP) is 1.03. The van der Waals surface area contributed by atoms with Crippen LogP contribution in [0, 0.1) is 0 Å². The number of piperidine rings is 1. The summed E-state index contributed by atoms with van der Waals surface area (Å²) in [4.78, 5) is 14.3. The molecule has 0 radical (unpaired) electrons. The molecule has 0 aromatic heterocycles. The van der Waals surface area contributed by atoms with E-state index in [0.717, 1.165) is 38.9 Å². The highest BCUT2D eigenvalue weighted by Crippen LogP contribution is 2.17. The Kier molecular flexibility index (Phi) is 6.75. The van der Waals surface area contributed by atoms with Crippen LogP contribution in [0.1, 0.15) is 33.1 Å². The predicted molar refractivity (Wildman–Crippen MR) is 75.2 cm³/mol. The molecule has 1 fully saturated rings. The number of hydrogen-bond acceptors (Lipinski definition) is 5. The SMILES string of the molecule is CCCNC(C)(CN1CCCC(OC)C1)C(=O)OC. The third-order valence-corrected chi connectivity index (χ3v) is 3.74. The van der Waals surface area contributed by atoms with Crippen LogP contribution in [0.2, 0.25) is 0 Å². The molecular formula is C14H28N2O3. The Bertz CT molecular complexity index is 286. The zero-order valence-electron chi connectivity index (χ0n) is 12.7. The zero-order chi connectivity index (χ0) is 14.3. The minimum absolute atomic E-state index is 0.194. The van der Waals surface area contributed by atoms with Crippen molar-refractivity contribution in [2.45, 2.75) is 44.8 Å². The molecule has 0 saturated carbocycles. The van der Waals surface area contributed by atoms with E-state index in [0.29, 0.717) is 6.54 Å². The van der Waals surface area contributed by atoms with Crippen molar-refractivity contribution in [3.05, 3.63) is 0 Å². The molecule has 0 aliphatic carbocycles. The van der Waals surface area contributed by atoms with Gasteiger partial charge in [0.1, 0.15) is 5.54 Å². The van der Waals surface area contributed by atoms with Gasteiger partial charge in [-0.2, -0.15) is 0 Å². The van der Waals surface area contributed by atoms with Crippen molar-refractivity contribution in [2.75, 3.05) is 40.4 Å². The highest BCUT2D eigenvalue weighted by Gasteiger charge is 2.36. The summed E-state index contributed by atoms with van der Waals surface area (Å²) in [5.41, 5.74) is -0.639. The van der Waals surface area contributed by atoms with Gasteiger partial charge in [-0.3, -0.25) is 9.69 Å². The van der Waals surface area contributed by atoms with E-state index in [1.807, 2.05) is 6.92 Å². The van der Waals surface area contributed by atoms with Gasteiger partial charge < -0.3 is 14.8 Å². The third-order valence-electron chi connectivity index (χ3n) is 3.74. The van der Waals surface area contributed by atoms with Crippen LogP contribution in [0.4, 0.5) is 0 Å². The molecule has 0 spiro atoms. The van der Waals surface area contributed by atoms with Crippen molar-refractivity contribution < 1.29 is 14.3 Å². The monoisotopic (exact) mass is 272 g/mol. The van der Waals surface area contributed by atoms with E-state index in [1.54, 1.807) is 7.11 Å². The highest BCUT2D eigenvalue weighted by molar-refractivity contribution is 5.80. The molecule has 0 aromatic carbocycles. The Balaban J connectivity index is 2.63. The number of carbonyl (C=O) groups excluding carboxylic acids is 1. The van der Waals surface area contributed by atoms with Crippen LogP contribution in [0.25, 0.3) is 0 Å². The van der Waals surface area contributed by atoms with E-state index in [4.69, 9.17) is 9.47 Å². The quantitative estimate of drug-likeness (QED) is 0.702. The standard InChI is InChI=1S/C14H28N2O3/c1-5-8-15-14(2,13(17)19-4)11-16-9-6-7-12(10-16)18-3/h12,15H,5-11H2,1-4H3. The summed E-state index contributed by atoms with van der Waals surface area (Å²) >= 11 is 0. The van der Waals surface area contributed by atoms with Crippen LogP contribution >= 0.6 is 0 Å². The first-order valence-corrected chi connectivity index (χ1v) is 7.14. The van der Waals surface area contributed by atoms with Crippen LogP contribution in [-0.4, -0.2) is 62.9 Å². The van der Waals surface area contributed by atoms with Gasteiger partial charge >= 0.3 is 5.97 Å². The molecule has 1 rings (SSSR count). The normalized spacial score (nSPS) is 23.9. The molecule has 5 nitrogen and oxygen atoms in total. The van der Waals surface area contributed by atoms with Crippen LogP contribution in [-0.2, 0) is 14.3 Å². The lowest BCUT2D eigenvalue weighted by Crippen LogP contribution is -2.59. The average Bonchev–Trinajstić information content (AvgIpc) is 2.44. The number of rotatable bonds is 7. The molecule has 0 bridgehead atoms. The van der Waals surface area contributed by atoms with Crippen molar-refractivity contribution in [2.24, 2.45) is 0 Å². The summed E-state index contributed by atoms with van der Waals surface area (Å²) in [5, 5.41) is 3.32. The van der Waals surface area contributed by atoms with Gasteiger partial charge in [0.25, 0.3) is 0 Å². The van der Waals surface area contributed by atoms with Crippen molar-refractivity contribution in [1.29, 1.82) is 0 Å². The molecule has 1 N–H and O–H groups in total. The Morgan fingerprint density at radius 2 is 2.21 bits per heavy atom. The van der Waals surface area contributed by atoms with Gasteiger partial charge in [0.15, 0.2) is 0 Å². The fraction of sp³-hybridized carbons (Fsp3) is 0.929. The first-order chi connectivity index (χ1) is 9.05. The van der Waals surface area contributed by atoms with E-state index in [-0.39, 0.29) is 12.1 Å². The topological polar surface area (TPSA) is 50.8 Å². The van der Waals surface area contributed by atoms with Gasteiger partial charge in [0.05, 0.1) is 13.2 Å². The summed E-state index contributed by atoms with van der Waals surface area (Å²) in [7, 11) is 3.20. The Hall–Kier alpha value is -0.650. The highest BCUT2D eigenvalue weighted by atomic mass is 16.5. The van der Waals surface area contributed by atoms with Crippen LogP contribution in [0.15, 0.2) is 0 Å². The lowest BCUT2D eigenvalue weighted by atomic mass is 9.99. The number of methoxy groups -OCH3 is 2. The fourth-order valence-corrected chi connectivity index (χ4v) is 2.62. The Labute approximate surface area is 116 Å². The largest absolute Gasteiger partial charge is 0.468 e. The van der Waals surface area contributed by atoms with Crippen LogP contribution < -0.4 is 5.32 Å². The van der Waals surface area contributed by atoms with Crippen LogP contribution in [0.5, 0.6) is 0 Å². The van der Waals surface area contributed by atoms with E-state index >= 15 is 0 Å². The van der Waals surface area contributed by atoms with Gasteiger partial charge in [-0.25, -0.2) is 0 Å². The summed E-state index contributed by atoms with van der Waals surface area (Å²) in [6, 6.07) is 0. The maximum absolute atomic E-state index is 12.0. The van der Waals surface area contributed by atoms with Gasteiger partial charge in [0, 0.05) is 20.2 Å². The average molecular weight is 272 g/mol. The number of hydrogen-bond donors (Lipinski definition) is 1. The van der Waals surface area contributed by atoms with E-state index in [1.165, 1.54) is 7.11 Å². The second-order valence-electron chi connectivity index (χ2n) is 5.49. The molecule has 112 valence electrons. The lowest BCUT2D eigenvalue weighted by molar-refractivity contribution is -0.149. The van der Waals surface area contributed by atoms with Gasteiger partial charge in [-0.05, 0) is 39.3 Å². The Morgan fingerprint density at radius 3 is 2.79 bits per heavy atom. The lowest BCUT2D eigenvalue weighted by Gasteiger charge is -2.38. The molecule has 1 heterocycles. The van der Waals surface area contributed by atoms with Gasteiger partial charge in [-0.1, -0.05) is 6.92 Å². The minimum atomic E-state index is -0.639. The minimum Gasteiger partial charge on any atom is -0.468 e. The van der Waals surface area contributed by atoms with E-state index in [9.17, 15) is 4.79 Å².